The van der Waals surface area contributed by atoms with Gasteiger partial charge in [-0.05, 0) is 56.8 Å². The van der Waals surface area contributed by atoms with E-state index in [1.165, 1.54) is 42.3 Å². The van der Waals surface area contributed by atoms with Gasteiger partial charge in [-0.2, -0.15) is 0 Å². The Morgan fingerprint density at radius 2 is 0.621 bits per heavy atom. The average Bonchev–Trinajstić information content (AvgIpc) is 4.03. The van der Waals surface area contributed by atoms with Gasteiger partial charge in [0.2, 0.25) is 0 Å². The molecule has 0 N–H and O–H groups in total. The van der Waals surface area contributed by atoms with Crippen LogP contribution in [0.1, 0.15) is 25.7 Å². The first-order chi connectivity index (χ1) is 27.3. The summed E-state index contributed by atoms with van der Waals surface area (Å²) in [6, 6.07) is 65.6. The topological polar surface area (TPSA) is 18.5 Å². The SMILES string of the molecule is C1=CCC(C(CCO[Si](c2ccccc2)(c2ccccc2)c2ccccc2)(CCO[Si](c2ccccc2)(c2ccccc2)c2ccccc2)C2=CC=CC2)=C1.[Cl-].[Cl-].[Zr+2]. The molecule has 0 bridgehead atoms. The minimum absolute atomic E-state index is 0. The van der Waals surface area contributed by atoms with Crippen molar-refractivity contribution in [3.63, 3.8) is 0 Å². The van der Waals surface area contributed by atoms with Crippen molar-refractivity contribution in [2.45, 2.75) is 25.7 Å². The second-order valence-electron chi connectivity index (χ2n) is 14.5. The van der Waals surface area contributed by atoms with Crippen LogP contribution in [0.25, 0.3) is 0 Å². The normalized spacial score (nSPS) is 13.4. The number of allylic oxidation sites excluding steroid dienone is 8. The molecule has 0 heterocycles. The van der Waals surface area contributed by atoms with Gasteiger partial charge in [-0.25, -0.2) is 0 Å². The molecule has 290 valence electrons. The second kappa shape index (κ2) is 21.4. The molecule has 0 amide bonds. The van der Waals surface area contributed by atoms with E-state index in [0.717, 1.165) is 25.7 Å². The van der Waals surface area contributed by atoms with Crippen LogP contribution in [0.4, 0.5) is 0 Å². The van der Waals surface area contributed by atoms with E-state index >= 15 is 0 Å². The van der Waals surface area contributed by atoms with Crippen LogP contribution in [0, 0.1) is 5.41 Å². The summed E-state index contributed by atoms with van der Waals surface area (Å²) in [6.45, 7) is 1.22. The van der Waals surface area contributed by atoms with Crippen molar-refractivity contribution in [3.05, 3.63) is 230 Å². The zero-order valence-corrected chi connectivity index (χ0v) is 38.6. The van der Waals surface area contributed by atoms with E-state index in [1.54, 1.807) is 0 Å². The van der Waals surface area contributed by atoms with Crippen molar-refractivity contribution >= 4 is 47.8 Å². The van der Waals surface area contributed by atoms with E-state index in [-0.39, 0.29) is 56.4 Å². The van der Waals surface area contributed by atoms with Crippen molar-refractivity contribution in [1.29, 1.82) is 0 Å². The Morgan fingerprint density at radius 3 is 0.828 bits per heavy atom. The number of rotatable bonds is 16. The fourth-order valence-electron chi connectivity index (χ4n) is 8.87. The summed E-state index contributed by atoms with van der Waals surface area (Å²) in [7, 11) is -5.78. The van der Waals surface area contributed by atoms with Crippen LogP contribution < -0.4 is 55.9 Å². The monoisotopic (exact) mass is 908 g/mol. The standard InChI is InChI=1S/C51H48O2Si2.2ClH.Zr/c1-7-27-45(28-8-1)54(46-29-9-2-10-30-46,47-31-11-3-12-32-47)52-41-39-51(43-23-19-20-24-43,44-25-21-22-26-44)40-42-53-55(48-33-13-4-14-34-48,49-35-15-5-16-36-49)50-37-17-6-18-38-50;;;/h1-23,25,27-38H,24,26,39-42H2;2*1H;/q;;;+2/p-2. The van der Waals surface area contributed by atoms with Crippen LogP contribution in [0.15, 0.2) is 230 Å². The maximum absolute atomic E-state index is 7.63. The van der Waals surface area contributed by atoms with Gasteiger partial charge in [0.15, 0.2) is 0 Å². The molecule has 0 aliphatic heterocycles. The van der Waals surface area contributed by atoms with E-state index < -0.39 is 16.6 Å². The van der Waals surface area contributed by atoms with Gasteiger partial charge in [0.1, 0.15) is 0 Å². The number of benzene rings is 6. The van der Waals surface area contributed by atoms with Gasteiger partial charge < -0.3 is 33.7 Å². The van der Waals surface area contributed by atoms with E-state index in [0.29, 0.717) is 13.2 Å². The fourth-order valence-corrected chi connectivity index (χ4v) is 16.7. The third-order valence-corrected chi connectivity index (χ3v) is 19.7. The zero-order chi connectivity index (χ0) is 37.2. The Hall–Kier alpha value is -3.90. The number of hydrogen-bond donors (Lipinski definition) is 0. The molecule has 0 atom stereocenters. The van der Waals surface area contributed by atoms with Gasteiger partial charge in [0.25, 0.3) is 16.6 Å². The zero-order valence-electron chi connectivity index (χ0n) is 32.6. The summed E-state index contributed by atoms with van der Waals surface area (Å²) < 4.78 is 15.3. The molecule has 6 aromatic carbocycles. The average molecular weight is 911 g/mol. The van der Waals surface area contributed by atoms with Gasteiger partial charge in [0, 0.05) is 18.6 Å². The molecule has 58 heavy (non-hydrogen) atoms. The van der Waals surface area contributed by atoms with E-state index in [9.17, 15) is 0 Å². The molecule has 7 heteroatoms. The number of hydrogen-bond acceptors (Lipinski definition) is 2. The van der Waals surface area contributed by atoms with Crippen LogP contribution in [0.3, 0.4) is 0 Å². The third kappa shape index (κ3) is 9.12. The molecule has 0 radical (unpaired) electrons. The summed E-state index contributed by atoms with van der Waals surface area (Å²) in [4.78, 5) is 0. The fraction of sp³-hybridized carbons (Fsp3) is 0.137. The molecule has 0 saturated carbocycles. The Kier molecular flexibility index (Phi) is 16.7. The smallest absolute Gasteiger partial charge is 1.00 e. The third-order valence-electron chi connectivity index (χ3n) is 11.5. The quantitative estimate of drug-likeness (QED) is 0.109. The van der Waals surface area contributed by atoms with Crippen molar-refractivity contribution in [1.82, 2.24) is 0 Å². The Labute approximate surface area is 378 Å². The van der Waals surface area contributed by atoms with Gasteiger partial charge in [-0.15, -0.1) is 0 Å². The van der Waals surface area contributed by atoms with Gasteiger partial charge >= 0.3 is 26.2 Å². The first kappa shape index (κ1) is 45.2. The van der Waals surface area contributed by atoms with Crippen LogP contribution in [0.2, 0.25) is 0 Å². The molecule has 2 aliphatic rings. The van der Waals surface area contributed by atoms with Crippen molar-refractivity contribution in [2.75, 3.05) is 13.2 Å². The van der Waals surface area contributed by atoms with Crippen LogP contribution in [0.5, 0.6) is 0 Å². The van der Waals surface area contributed by atoms with E-state index in [1.807, 2.05) is 0 Å². The predicted molar refractivity (Wildman–Crippen MR) is 235 cm³/mol. The molecule has 2 nitrogen and oxygen atoms in total. The van der Waals surface area contributed by atoms with Crippen molar-refractivity contribution in [2.24, 2.45) is 5.41 Å². The molecule has 0 saturated heterocycles. The minimum atomic E-state index is -2.89. The molecular formula is C51H48Cl2O2Si2Zr. The molecule has 6 aromatic rings. The summed E-state index contributed by atoms with van der Waals surface area (Å²) in [6.07, 6.45) is 17.4. The van der Waals surface area contributed by atoms with Crippen LogP contribution >= 0.6 is 0 Å². The Bertz CT molecular complexity index is 1910. The molecule has 8 rings (SSSR count). The molecule has 0 unspecified atom stereocenters. The summed E-state index contributed by atoms with van der Waals surface area (Å²) in [5.74, 6) is 0. The minimum Gasteiger partial charge on any atom is -1.00 e. The molecule has 0 aromatic heterocycles. The van der Waals surface area contributed by atoms with Crippen LogP contribution in [-0.4, -0.2) is 29.8 Å². The molecule has 2 aliphatic carbocycles. The number of halogens is 2. The summed E-state index contributed by atoms with van der Waals surface area (Å²) in [5.41, 5.74) is 2.67. The summed E-state index contributed by atoms with van der Waals surface area (Å²) >= 11 is 0. The molecule has 0 spiro atoms. The molecular weight excluding hydrogens is 863 g/mol. The van der Waals surface area contributed by atoms with E-state index in [2.05, 4.69) is 218 Å². The summed E-state index contributed by atoms with van der Waals surface area (Å²) in [5, 5.41) is 7.55. The van der Waals surface area contributed by atoms with Crippen LogP contribution in [-0.2, 0) is 35.1 Å². The van der Waals surface area contributed by atoms with Crippen molar-refractivity contribution < 1.29 is 59.9 Å². The van der Waals surface area contributed by atoms with Gasteiger partial charge in [-0.3, -0.25) is 0 Å². The predicted octanol–water partition coefficient (Wildman–Crippen LogP) is 1.90. The van der Waals surface area contributed by atoms with Crippen molar-refractivity contribution in [3.8, 4) is 0 Å². The Morgan fingerprint density at radius 1 is 0.379 bits per heavy atom. The molecule has 0 fully saturated rings. The Balaban J connectivity index is 0.00000214. The maximum Gasteiger partial charge on any atom is 2.00 e. The largest absolute Gasteiger partial charge is 2.00 e. The second-order valence-corrected chi connectivity index (χ2v) is 21.3. The van der Waals surface area contributed by atoms with Gasteiger partial charge in [-0.1, -0.05) is 230 Å². The maximum atomic E-state index is 7.63. The first-order valence-electron chi connectivity index (χ1n) is 19.6. The van der Waals surface area contributed by atoms with Gasteiger partial charge in [0.05, 0.1) is 0 Å². The van der Waals surface area contributed by atoms with E-state index in [4.69, 9.17) is 8.85 Å². The first-order valence-corrected chi connectivity index (χ1v) is 23.4.